The van der Waals surface area contributed by atoms with Crippen LogP contribution in [0.3, 0.4) is 0 Å². The molecule has 0 radical (unpaired) electrons. The van der Waals surface area contributed by atoms with Crippen molar-refractivity contribution in [3.63, 3.8) is 0 Å². The Balaban J connectivity index is 2.29. The highest BCUT2D eigenvalue weighted by Gasteiger charge is 2.13. The number of aryl methyl sites for hydroxylation is 1. The molecular formula is C13H18N2O. The van der Waals surface area contributed by atoms with Crippen molar-refractivity contribution in [2.75, 3.05) is 6.54 Å². The predicted molar refractivity (Wildman–Crippen MR) is 65.4 cm³/mol. The minimum atomic E-state index is 0.343. The molecule has 2 rings (SSSR count). The SMILES string of the molecule is Cc1cccc2oc(C(C)CCCN)nc12. The van der Waals surface area contributed by atoms with E-state index in [9.17, 15) is 0 Å². The zero-order valence-corrected chi connectivity index (χ0v) is 9.86. The topological polar surface area (TPSA) is 52.0 Å². The monoisotopic (exact) mass is 218 g/mol. The lowest BCUT2D eigenvalue weighted by molar-refractivity contribution is 0.464. The molecule has 0 aliphatic heterocycles. The summed E-state index contributed by atoms with van der Waals surface area (Å²) in [6, 6.07) is 6.02. The molecule has 2 aromatic rings. The van der Waals surface area contributed by atoms with Gasteiger partial charge in [-0.15, -0.1) is 0 Å². The molecular weight excluding hydrogens is 200 g/mol. The first-order chi connectivity index (χ1) is 7.72. The van der Waals surface area contributed by atoms with Crippen LogP contribution < -0.4 is 5.73 Å². The molecule has 1 heterocycles. The van der Waals surface area contributed by atoms with E-state index in [2.05, 4.69) is 24.9 Å². The number of oxazole rings is 1. The molecule has 0 bridgehead atoms. The Labute approximate surface area is 95.7 Å². The second-order valence-corrected chi connectivity index (χ2v) is 4.31. The van der Waals surface area contributed by atoms with Crippen molar-refractivity contribution in [1.82, 2.24) is 4.98 Å². The zero-order chi connectivity index (χ0) is 11.5. The summed E-state index contributed by atoms with van der Waals surface area (Å²) < 4.78 is 5.76. The van der Waals surface area contributed by atoms with Crippen LogP contribution in [0.15, 0.2) is 22.6 Å². The minimum Gasteiger partial charge on any atom is -0.440 e. The van der Waals surface area contributed by atoms with Crippen LogP contribution >= 0.6 is 0 Å². The highest BCUT2D eigenvalue weighted by atomic mass is 16.3. The van der Waals surface area contributed by atoms with Gasteiger partial charge in [0.15, 0.2) is 11.5 Å². The first kappa shape index (κ1) is 11.1. The highest BCUT2D eigenvalue weighted by molar-refractivity contribution is 5.76. The number of hydrogen-bond donors (Lipinski definition) is 1. The third kappa shape index (κ3) is 2.09. The molecule has 0 aliphatic carbocycles. The number of benzene rings is 1. The quantitative estimate of drug-likeness (QED) is 0.858. The van der Waals surface area contributed by atoms with Gasteiger partial charge in [-0.3, -0.25) is 0 Å². The summed E-state index contributed by atoms with van der Waals surface area (Å²) in [6.45, 7) is 4.92. The second-order valence-electron chi connectivity index (χ2n) is 4.31. The fourth-order valence-corrected chi connectivity index (χ4v) is 1.86. The van der Waals surface area contributed by atoms with Crippen LogP contribution in [-0.2, 0) is 0 Å². The Kier molecular flexibility index (Phi) is 3.25. The fourth-order valence-electron chi connectivity index (χ4n) is 1.86. The maximum atomic E-state index is 5.76. The molecule has 0 amide bonds. The lowest BCUT2D eigenvalue weighted by Gasteiger charge is -2.04. The van der Waals surface area contributed by atoms with Gasteiger partial charge in [0.1, 0.15) is 5.52 Å². The molecule has 1 aromatic carbocycles. The van der Waals surface area contributed by atoms with Crippen LogP contribution in [0.2, 0.25) is 0 Å². The van der Waals surface area contributed by atoms with Gasteiger partial charge in [0.2, 0.25) is 0 Å². The first-order valence-corrected chi connectivity index (χ1v) is 5.78. The van der Waals surface area contributed by atoms with Crippen molar-refractivity contribution >= 4 is 11.1 Å². The summed E-state index contributed by atoms with van der Waals surface area (Å²) in [6.07, 6.45) is 2.04. The normalized spacial score (nSPS) is 13.2. The average molecular weight is 218 g/mol. The molecule has 0 saturated carbocycles. The number of aromatic nitrogens is 1. The van der Waals surface area contributed by atoms with Crippen LogP contribution in [-0.4, -0.2) is 11.5 Å². The summed E-state index contributed by atoms with van der Waals surface area (Å²) >= 11 is 0. The Bertz CT molecular complexity index is 476. The summed E-state index contributed by atoms with van der Waals surface area (Å²) in [5.41, 5.74) is 8.54. The lowest BCUT2D eigenvalue weighted by Crippen LogP contribution is -2.02. The van der Waals surface area contributed by atoms with Crippen molar-refractivity contribution in [1.29, 1.82) is 0 Å². The van der Waals surface area contributed by atoms with E-state index in [4.69, 9.17) is 10.2 Å². The van der Waals surface area contributed by atoms with E-state index >= 15 is 0 Å². The number of rotatable bonds is 4. The van der Waals surface area contributed by atoms with Gasteiger partial charge >= 0.3 is 0 Å². The van der Waals surface area contributed by atoms with E-state index in [0.29, 0.717) is 5.92 Å². The number of fused-ring (bicyclic) bond motifs is 1. The van der Waals surface area contributed by atoms with Crippen molar-refractivity contribution in [2.45, 2.75) is 32.6 Å². The Hall–Kier alpha value is -1.35. The van der Waals surface area contributed by atoms with Crippen LogP contribution in [0, 0.1) is 6.92 Å². The Morgan fingerprint density at radius 1 is 1.44 bits per heavy atom. The fraction of sp³-hybridized carbons (Fsp3) is 0.462. The smallest absolute Gasteiger partial charge is 0.198 e. The van der Waals surface area contributed by atoms with Gasteiger partial charge in [-0.2, -0.15) is 0 Å². The van der Waals surface area contributed by atoms with Gasteiger partial charge < -0.3 is 10.2 Å². The molecule has 2 N–H and O–H groups in total. The lowest BCUT2D eigenvalue weighted by atomic mass is 10.1. The van der Waals surface area contributed by atoms with Gasteiger partial charge in [-0.05, 0) is 37.9 Å². The van der Waals surface area contributed by atoms with Crippen LogP contribution in [0.1, 0.15) is 37.1 Å². The predicted octanol–water partition coefficient (Wildman–Crippen LogP) is 2.98. The van der Waals surface area contributed by atoms with Crippen molar-refractivity contribution < 1.29 is 4.42 Å². The minimum absolute atomic E-state index is 0.343. The molecule has 16 heavy (non-hydrogen) atoms. The molecule has 3 heteroatoms. The van der Waals surface area contributed by atoms with Crippen molar-refractivity contribution in [2.24, 2.45) is 5.73 Å². The largest absolute Gasteiger partial charge is 0.440 e. The summed E-state index contributed by atoms with van der Waals surface area (Å²) in [7, 11) is 0. The van der Waals surface area contributed by atoms with E-state index in [1.54, 1.807) is 0 Å². The maximum absolute atomic E-state index is 5.76. The van der Waals surface area contributed by atoms with Crippen molar-refractivity contribution in [3.8, 4) is 0 Å². The van der Waals surface area contributed by atoms with E-state index in [1.165, 1.54) is 5.56 Å². The molecule has 1 aromatic heterocycles. The molecule has 0 aliphatic rings. The summed E-state index contributed by atoms with van der Waals surface area (Å²) in [5.74, 6) is 1.17. The maximum Gasteiger partial charge on any atom is 0.198 e. The number of hydrogen-bond acceptors (Lipinski definition) is 3. The van der Waals surface area contributed by atoms with Gasteiger partial charge in [-0.1, -0.05) is 19.1 Å². The van der Waals surface area contributed by atoms with E-state index < -0.39 is 0 Å². The van der Waals surface area contributed by atoms with Gasteiger partial charge in [0, 0.05) is 5.92 Å². The summed E-state index contributed by atoms with van der Waals surface area (Å²) in [4.78, 5) is 4.56. The van der Waals surface area contributed by atoms with Gasteiger partial charge in [-0.25, -0.2) is 4.98 Å². The molecule has 1 unspecified atom stereocenters. The van der Waals surface area contributed by atoms with E-state index in [-0.39, 0.29) is 0 Å². The van der Waals surface area contributed by atoms with Crippen LogP contribution in [0.5, 0.6) is 0 Å². The number of para-hydroxylation sites is 1. The van der Waals surface area contributed by atoms with Gasteiger partial charge in [0.25, 0.3) is 0 Å². The average Bonchev–Trinajstić information content (AvgIpc) is 2.71. The molecule has 0 saturated heterocycles. The molecule has 1 atom stereocenters. The molecule has 3 nitrogen and oxygen atoms in total. The molecule has 0 fully saturated rings. The Morgan fingerprint density at radius 2 is 2.25 bits per heavy atom. The third-order valence-electron chi connectivity index (χ3n) is 2.90. The van der Waals surface area contributed by atoms with E-state index in [1.807, 2.05) is 12.1 Å². The zero-order valence-electron chi connectivity index (χ0n) is 9.86. The standard InChI is InChI=1S/C13H18N2O/c1-9-5-3-7-11-12(9)15-13(16-11)10(2)6-4-8-14/h3,5,7,10H,4,6,8,14H2,1-2H3. The van der Waals surface area contributed by atoms with Crippen LogP contribution in [0.4, 0.5) is 0 Å². The first-order valence-electron chi connectivity index (χ1n) is 5.78. The molecule has 86 valence electrons. The number of nitrogens with two attached hydrogens (primary N) is 1. The summed E-state index contributed by atoms with van der Waals surface area (Å²) in [5, 5.41) is 0. The molecule has 0 spiro atoms. The van der Waals surface area contributed by atoms with Crippen LogP contribution in [0.25, 0.3) is 11.1 Å². The second kappa shape index (κ2) is 4.66. The highest BCUT2D eigenvalue weighted by Crippen LogP contribution is 2.25. The van der Waals surface area contributed by atoms with Crippen molar-refractivity contribution in [3.05, 3.63) is 29.7 Å². The van der Waals surface area contributed by atoms with E-state index in [0.717, 1.165) is 36.4 Å². The van der Waals surface area contributed by atoms with Gasteiger partial charge in [0.05, 0.1) is 0 Å². The third-order valence-corrected chi connectivity index (χ3v) is 2.90. The number of nitrogens with zero attached hydrogens (tertiary/aromatic N) is 1. The Morgan fingerprint density at radius 3 is 2.94 bits per heavy atom.